The Bertz CT molecular complexity index is 778. The molecule has 1 fully saturated rings. The first-order chi connectivity index (χ1) is 13.3. The van der Waals surface area contributed by atoms with E-state index in [1.807, 2.05) is 81.4 Å². The van der Waals surface area contributed by atoms with Crippen molar-refractivity contribution in [3.8, 4) is 0 Å². The summed E-state index contributed by atoms with van der Waals surface area (Å²) in [6, 6.07) is 19.6. The molecular weight excluding hydrogens is 369 g/mol. The third-order valence-electron chi connectivity index (χ3n) is 5.13. The fourth-order valence-electron chi connectivity index (χ4n) is 3.69. The molecule has 3 rings (SSSR count). The summed E-state index contributed by atoms with van der Waals surface area (Å²) >= 11 is 0. The van der Waals surface area contributed by atoms with E-state index < -0.39 is 12.7 Å². The van der Waals surface area contributed by atoms with Gasteiger partial charge in [0.05, 0.1) is 0 Å². The van der Waals surface area contributed by atoms with Crippen LogP contribution in [-0.4, -0.2) is 35.8 Å². The van der Waals surface area contributed by atoms with Crippen molar-refractivity contribution in [3.63, 3.8) is 0 Å². The molecule has 0 aliphatic carbocycles. The molecule has 0 aromatic heterocycles. The van der Waals surface area contributed by atoms with Gasteiger partial charge in [0.2, 0.25) is 0 Å². The van der Waals surface area contributed by atoms with Crippen LogP contribution < -0.4 is 10.6 Å². The third kappa shape index (κ3) is 5.05. The minimum Gasteiger partial charge on any atom is -0.444 e. The predicted octanol–water partition coefficient (Wildman–Crippen LogP) is 4.65. The highest BCUT2D eigenvalue weighted by Crippen LogP contribution is 2.46. The Morgan fingerprint density at radius 3 is 1.86 bits per heavy atom. The van der Waals surface area contributed by atoms with Crippen LogP contribution in [0.3, 0.4) is 0 Å². The van der Waals surface area contributed by atoms with Crippen LogP contribution in [0.1, 0.15) is 33.6 Å². The molecule has 150 valence electrons. The van der Waals surface area contributed by atoms with Gasteiger partial charge in [-0.05, 0) is 39.5 Å². The van der Waals surface area contributed by atoms with Gasteiger partial charge in [-0.3, -0.25) is 0 Å². The lowest BCUT2D eigenvalue weighted by molar-refractivity contribution is 0.0191. The summed E-state index contributed by atoms with van der Waals surface area (Å²) in [5.41, 5.74) is -0.482. The molecule has 1 aliphatic rings. The minimum atomic E-state index is -2.70. The lowest BCUT2D eigenvalue weighted by Gasteiger charge is -2.35. The van der Waals surface area contributed by atoms with E-state index in [2.05, 4.69) is 0 Å². The molecule has 2 aromatic carbocycles. The molecule has 0 N–H and O–H groups in total. The second kappa shape index (κ2) is 8.53. The molecule has 5 heteroatoms. The van der Waals surface area contributed by atoms with E-state index in [-0.39, 0.29) is 6.09 Å². The van der Waals surface area contributed by atoms with Crippen molar-refractivity contribution in [3.05, 3.63) is 60.7 Å². The number of rotatable bonds is 4. The molecule has 0 saturated carbocycles. The summed E-state index contributed by atoms with van der Waals surface area (Å²) in [5.74, 6) is 0.324. The molecule has 0 bridgehead atoms. The second-order valence-electron chi connectivity index (χ2n) is 8.50. The summed E-state index contributed by atoms with van der Waals surface area (Å²) in [4.78, 5) is 14.1. The number of hydrogen-bond donors (Lipinski definition) is 0. The third-order valence-corrected chi connectivity index (χ3v) is 8.42. The number of carbonyl (C=O) groups excluding carboxylic acids is 1. The summed E-state index contributed by atoms with van der Waals surface area (Å²) < 4.78 is 19.7. The average molecular weight is 399 g/mol. The van der Waals surface area contributed by atoms with Gasteiger partial charge >= 0.3 is 6.09 Å². The van der Waals surface area contributed by atoms with Gasteiger partial charge in [0.1, 0.15) is 12.7 Å². The van der Waals surface area contributed by atoms with Gasteiger partial charge in [0, 0.05) is 29.9 Å². The Morgan fingerprint density at radius 1 is 0.964 bits per heavy atom. The van der Waals surface area contributed by atoms with E-state index in [0.29, 0.717) is 25.2 Å². The van der Waals surface area contributed by atoms with Gasteiger partial charge in [0.15, 0.2) is 0 Å². The first-order valence-corrected chi connectivity index (χ1v) is 11.9. The zero-order chi connectivity index (χ0) is 20.2. The van der Waals surface area contributed by atoms with Gasteiger partial charge < -0.3 is 14.2 Å². The monoisotopic (exact) mass is 399 g/mol. The smallest absolute Gasteiger partial charge is 0.410 e. The number of hydrogen-bond acceptors (Lipinski definition) is 3. The van der Waals surface area contributed by atoms with E-state index in [1.54, 1.807) is 4.90 Å². The topological polar surface area (TPSA) is 46.6 Å². The van der Waals surface area contributed by atoms with Crippen molar-refractivity contribution >= 4 is 23.8 Å². The van der Waals surface area contributed by atoms with E-state index in [4.69, 9.17) is 4.74 Å². The Kier molecular flexibility index (Phi) is 6.30. The van der Waals surface area contributed by atoms with Gasteiger partial charge in [0.25, 0.3) is 0 Å². The number of likely N-dealkylation sites (tertiary alicyclic amines) is 1. The molecule has 1 amide bonds. The molecule has 0 atom stereocenters. The number of piperidine rings is 1. The first kappa shape index (κ1) is 20.7. The van der Waals surface area contributed by atoms with Gasteiger partial charge in [-0.25, -0.2) is 4.79 Å². The average Bonchev–Trinajstić information content (AvgIpc) is 2.68. The number of carbonyl (C=O) groups is 1. The van der Waals surface area contributed by atoms with Crippen molar-refractivity contribution in [2.45, 2.75) is 39.2 Å². The molecule has 2 aromatic rings. The van der Waals surface area contributed by atoms with Crippen LogP contribution in [0.2, 0.25) is 0 Å². The molecule has 4 nitrogen and oxygen atoms in total. The number of benzene rings is 2. The lowest BCUT2D eigenvalue weighted by Crippen LogP contribution is -2.42. The van der Waals surface area contributed by atoms with E-state index in [0.717, 1.165) is 23.5 Å². The summed E-state index contributed by atoms with van der Waals surface area (Å²) in [7, 11) is -2.70. The van der Waals surface area contributed by atoms with Crippen molar-refractivity contribution in [2.75, 3.05) is 19.3 Å². The number of ether oxygens (including phenoxy) is 1. The Balaban J connectivity index is 1.72. The van der Waals surface area contributed by atoms with E-state index >= 15 is 0 Å². The number of amides is 1. The fourth-order valence-corrected chi connectivity index (χ4v) is 6.81. The molecule has 1 heterocycles. The normalized spacial score (nSPS) is 16.0. The Morgan fingerprint density at radius 2 is 1.43 bits per heavy atom. The first-order valence-electron chi connectivity index (χ1n) is 9.96. The van der Waals surface area contributed by atoms with Gasteiger partial charge in [-0.15, -0.1) is 0 Å². The standard InChI is InChI=1S/C23H30NO3P/c1-23(2,3)27-22(25)24-16-14-19(15-17-24)18-28(26,20-10-6-4-7-11-20)21-12-8-5-9-13-21/h4-13,19H,14-18H2,1-3H3. The van der Waals surface area contributed by atoms with Crippen LogP contribution in [0.4, 0.5) is 4.79 Å². The fraction of sp³-hybridized carbons (Fsp3) is 0.435. The van der Waals surface area contributed by atoms with E-state index in [1.165, 1.54) is 0 Å². The largest absolute Gasteiger partial charge is 0.444 e. The van der Waals surface area contributed by atoms with Crippen LogP contribution in [0, 0.1) is 5.92 Å². The van der Waals surface area contributed by atoms with Crippen molar-refractivity contribution < 1.29 is 14.1 Å². The highest BCUT2D eigenvalue weighted by Gasteiger charge is 2.34. The minimum absolute atomic E-state index is 0.250. The predicted molar refractivity (Wildman–Crippen MR) is 115 cm³/mol. The summed E-state index contributed by atoms with van der Waals surface area (Å²) in [5, 5.41) is 1.83. The highest BCUT2D eigenvalue weighted by molar-refractivity contribution is 7.78. The Hall–Kier alpha value is -2.06. The molecule has 0 spiro atoms. The molecule has 1 saturated heterocycles. The van der Waals surface area contributed by atoms with Crippen LogP contribution in [0.25, 0.3) is 0 Å². The number of nitrogens with zero attached hydrogens (tertiary/aromatic N) is 1. The van der Waals surface area contributed by atoms with Gasteiger partial charge in [-0.1, -0.05) is 60.7 Å². The molecular formula is C23H30NO3P. The maximum absolute atomic E-state index is 14.2. The highest BCUT2D eigenvalue weighted by atomic mass is 31.2. The molecule has 0 unspecified atom stereocenters. The van der Waals surface area contributed by atoms with E-state index in [9.17, 15) is 9.36 Å². The zero-order valence-corrected chi connectivity index (χ0v) is 17.9. The van der Waals surface area contributed by atoms with Crippen molar-refractivity contribution in [1.82, 2.24) is 4.90 Å². The SMILES string of the molecule is CC(C)(C)OC(=O)N1CCC(CP(=O)(c2ccccc2)c2ccccc2)CC1. The molecule has 28 heavy (non-hydrogen) atoms. The quantitative estimate of drug-likeness (QED) is 0.703. The molecule has 1 aliphatic heterocycles. The Labute approximate surface area is 168 Å². The van der Waals surface area contributed by atoms with Crippen LogP contribution in [-0.2, 0) is 9.30 Å². The second-order valence-corrected chi connectivity index (χ2v) is 11.4. The van der Waals surface area contributed by atoms with Crippen molar-refractivity contribution in [2.24, 2.45) is 5.92 Å². The lowest BCUT2D eigenvalue weighted by atomic mass is 9.99. The summed E-state index contributed by atoms with van der Waals surface area (Å²) in [6.45, 7) is 6.96. The maximum Gasteiger partial charge on any atom is 0.410 e. The van der Waals surface area contributed by atoms with Crippen LogP contribution in [0.5, 0.6) is 0 Å². The van der Waals surface area contributed by atoms with Crippen LogP contribution >= 0.6 is 7.14 Å². The zero-order valence-electron chi connectivity index (χ0n) is 17.0. The van der Waals surface area contributed by atoms with Crippen molar-refractivity contribution in [1.29, 1.82) is 0 Å². The maximum atomic E-state index is 14.2. The summed E-state index contributed by atoms with van der Waals surface area (Å²) in [6.07, 6.45) is 2.09. The van der Waals surface area contributed by atoms with Crippen LogP contribution in [0.15, 0.2) is 60.7 Å². The molecule has 0 radical (unpaired) electrons. The van der Waals surface area contributed by atoms with Gasteiger partial charge in [-0.2, -0.15) is 0 Å².